The number of anilines is 1. The molecule has 1 aliphatic rings. The van der Waals surface area contributed by atoms with Gasteiger partial charge in [-0.2, -0.15) is 0 Å². The van der Waals surface area contributed by atoms with Gasteiger partial charge >= 0.3 is 0 Å². The minimum absolute atomic E-state index is 0.354. The van der Waals surface area contributed by atoms with E-state index in [0.29, 0.717) is 0 Å². The van der Waals surface area contributed by atoms with Gasteiger partial charge in [-0.05, 0) is 38.3 Å². The van der Waals surface area contributed by atoms with Crippen LogP contribution in [0.1, 0.15) is 37.8 Å². The van der Waals surface area contributed by atoms with E-state index in [4.69, 9.17) is 11.5 Å². The lowest BCUT2D eigenvalue weighted by Crippen LogP contribution is -2.38. The fraction of sp³-hybridized carbons (Fsp3) is 0.333. The number of hydrogen-bond donors (Lipinski definition) is 2. The lowest BCUT2D eigenvalue weighted by atomic mass is 9.77. The van der Waals surface area contributed by atoms with E-state index in [1.54, 1.807) is 0 Å². The number of fused-ring (bicyclic) bond motifs is 1. The summed E-state index contributed by atoms with van der Waals surface area (Å²) in [7, 11) is 0. The van der Waals surface area contributed by atoms with Crippen molar-refractivity contribution in [1.82, 2.24) is 0 Å². The average molecular weight is 228 g/mol. The highest BCUT2D eigenvalue weighted by molar-refractivity contribution is 5.67. The van der Waals surface area contributed by atoms with Gasteiger partial charge < -0.3 is 11.5 Å². The Morgan fingerprint density at radius 3 is 2.88 bits per heavy atom. The maximum Gasteiger partial charge on any atom is 0.0505 e. The van der Waals surface area contributed by atoms with Gasteiger partial charge in [-0.3, -0.25) is 0 Å². The molecule has 2 rings (SSSR count). The predicted molar refractivity (Wildman–Crippen MR) is 74.4 cm³/mol. The number of nitrogens with two attached hydrogens (primary N) is 2. The summed E-state index contributed by atoms with van der Waals surface area (Å²) >= 11 is 0. The molecule has 0 fully saturated rings. The number of allylic oxidation sites excluding steroid dienone is 1. The van der Waals surface area contributed by atoms with E-state index in [1.165, 1.54) is 5.57 Å². The summed E-state index contributed by atoms with van der Waals surface area (Å²) < 4.78 is 0. The van der Waals surface area contributed by atoms with Crippen molar-refractivity contribution in [3.05, 3.63) is 47.1 Å². The van der Waals surface area contributed by atoms with Crippen LogP contribution < -0.4 is 11.5 Å². The van der Waals surface area contributed by atoms with E-state index in [-0.39, 0.29) is 5.54 Å². The molecule has 0 bridgehead atoms. The van der Waals surface area contributed by atoms with Crippen molar-refractivity contribution in [3.63, 3.8) is 0 Å². The molecule has 17 heavy (non-hydrogen) atoms. The molecule has 0 aliphatic heterocycles. The van der Waals surface area contributed by atoms with Gasteiger partial charge in [0.15, 0.2) is 0 Å². The van der Waals surface area contributed by atoms with Crippen LogP contribution in [0.3, 0.4) is 0 Å². The highest BCUT2D eigenvalue weighted by Crippen LogP contribution is 2.38. The second-order valence-corrected chi connectivity index (χ2v) is 5.06. The smallest absolute Gasteiger partial charge is 0.0505 e. The molecule has 0 amide bonds. The molecule has 1 aliphatic carbocycles. The number of rotatable bonds is 2. The molecule has 0 saturated carbocycles. The van der Waals surface area contributed by atoms with Gasteiger partial charge in [0.1, 0.15) is 0 Å². The van der Waals surface area contributed by atoms with Gasteiger partial charge in [0.25, 0.3) is 0 Å². The summed E-state index contributed by atoms with van der Waals surface area (Å²) in [5, 5.41) is 0. The summed E-state index contributed by atoms with van der Waals surface area (Å²) in [5.41, 5.74) is 16.6. The topological polar surface area (TPSA) is 52.0 Å². The summed E-state index contributed by atoms with van der Waals surface area (Å²) in [6.45, 7) is 4.19. The van der Waals surface area contributed by atoms with Crippen molar-refractivity contribution in [3.8, 4) is 0 Å². The molecular weight excluding hydrogens is 208 g/mol. The third-order valence-corrected chi connectivity index (χ3v) is 3.28. The van der Waals surface area contributed by atoms with Crippen molar-refractivity contribution < 1.29 is 0 Å². The molecule has 1 aromatic rings. The Balaban J connectivity index is 2.46. The van der Waals surface area contributed by atoms with Crippen LogP contribution in [0.15, 0.2) is 35.9 Å². The molecule has 0 spiro atoms. The van der Waals surface area contributed by atoms with Crippen LogP contribution in [0.4, 0.5) is 5.69 Å². The van der Waals surface area contributed by atoms with Crippen LogP contribution in [-0.2, 0) is 5.54 Å². The fourth-order valence-electron chi connectivity index (χ4n) is 2.37. The van der Waals surface area contributed by atoms with E-state index < -0.39 is 0 Å². The first-order valence-electron chi connectivity index (χ1n) is 6.01. The monoisotopic (exact) mass is 228 g/mol. The van der Waals surface area contributed by atoms with Crippen LogP contribution in [-0.4, -0.2) is 0 Å². The minimum Gasteiger partial charge on any atom is -0.398 e. The molecule has 2 nitrogen and oxygen atoms in total. The lowest BCUT2D eigenvalue weighted by molar-refractivity contribution is 0.452. The number of nitrogen functional groups attached to an aromatic ring is 1. The van der Waals surface area contributed by atoms with Crippen molar-refractivity contribution in [2.75, 3.05) is 5.73 Å². The molecule has 4 N–H and O–H groups in total. The first kappa shape index (κ1) is 11.9. The van der Waals surface area contributed by atoms with Gasteiger partial charge in [0, 0.05) is 11.3 Å². The van der Waals surface area contributed by atoms with Crippen LogP contribution in [0.25, 0.3) is 6.08 Å². The number of benzene rings is 1. The molecule has 2 heteroatoms. The normalized spacial score (nSPS) is 22.1. The van der Waals surface area contributed by atoms with Crippen molar-refractivity contribution in [2.24, 2.45) is 5.73 Å². The Bertz CT molecular complexity index is 482. The van der Waals surface area contributed by atoms with Gasteiger partial charge in [0.05, 0.1) is 5.54 Å². The van der Waals surface area contributed by atoms with Crippen molar-refractivity contribution in [1.29, 1.82) is 0 Å². The molecule has 0 radical (unpaired) electrons. The Morgan fingerprint density at radius 1 is 1.41 bits per heavy atom. The fourth-order valence-corrected chi connectivity index (χ4v) is 2.37. The Kier molecular flexibility index (Phi) is 3.07. The predicted octanol–water partition coefficient (Wildman–Crippen LogP) is 3.20. The molecule has 1 atom stereocenters. The third kappa shape index (κ3) is 2.27. The SMILES string of the molecule is CC(C)=CCC1(N)CC=Cc2cccc(N)c21. The highest BCUT2D eigenvalue weighted by atomic mass is 14.8. The van der Waals surface area contributed by atoms with Crippen LogP contribution in [0, 0.1) is 0 Å². The first-order chi connectivity index (χ1) is 8.03. The molecule has 0 aromatic heterocycles. The zero-order valence-electron chi connectivity index (χ0n) is 10.5. The lowest BCUT2D eigenvalue weighted by Gasteiger charge is -2.33. The van der Waals surface area contributed by atoms with Gasteiger partial charge in [-0.25, -0.2) is 0 Å². The zero-order chi connectivity index (χ0) is 12.5. The van der Waals surface area contributed by atoms with Crippen LogP contribution >= 0.6 is 0 Å². The van der Waals surface area contributed by atoms with Gasteiger partial charge in [-0.15, -0.1) is 0 Å². The quantitative estimate of drug-likeness (QED) is 0.603. The molecule has 0 saturated heterocycles. The summed E-state index contributed by atoms with van der Waals surface area (Å²) in [5.74, 6) is 0. The first-order valence-corrected chi connectivity index (χ1v) is 6.01. The van der Waals surface area contributed by atoms with Crippen LogP contribution in [0.2, 0.25) is 0 Å². The van der Waals surface area contributed by atoms with E-state index in [1.807, 2.05) is 12.1 Å². The molecule has 1 aromatic carbocycles. The van der Waals surface area contributed by atoms with Crippen molar-refractivity contribution >= 4 is 11.8 Å². The van der Waals surface area contributed by atoms with Gasteiger partial charge in [-0.1, -0.05) is 35.9 Å². The maximum atomic E-state index is 6.54. The second-order valence-electron chi connectivity index (χ2n) is 5.06. The van der Waals surface area contributed by atoms with E-state index in [9.17, 15) is 0 Å². The summed E-state index contributed by atoms with van der Waals surface area (Å²) in [6.07, 6.45) is 8.12. The van der Waals surface area contributed by atoms with Crippen molar-refractivity contribution in [2.45, 2.75) is 32.2 Å². The zero-order valence-corrected chi connectivity index (χ0v) is 10.5. The number of hydrogen-bond acceptors (Lipinski definition) is 2. The molecule has 0 heterocycles. The van der Waals surface area contributed by atoms with Crippen LogP contribution in [0.5, 0.6) is 0 Å². The third-order valence-electron chi connectivity index (χ3n) is 3.28. The minimum atomic E-state index is -0.354. The Morgan fingerprint density at radius 2 is 2.18 bits per heavy atom. The Hall–Kier alpha value is -1.54. The standard InChI is InChI=1S/C15H20N2/c1-11(2)8-10-15(17)9-4-6-12-5-3-7-13(16)14(12)15/h3-8H,9-10,16-17H2,1-2H3. The summed E-state index contributed by atoms with van der Waals surface area (Å²) in [6, 6.07) is 5.98. The second kappa shape index (κ2) is 4.38. The molecule has 1 unspecified atom stereocenters. The van der Waals surface area contributed by atoms with E-state index in [2.05, 4.69) is 38.1 Å². The van der Waals surface area contributed by atoms with Gasteiger partial charge in [0.2, 0.25) is 0 Å². The molecule has 90 valence electrons. The van der Waals surface area contributed by atoms with E-state index >= 15 is 0 Å². The Labute approximate surface area is 103 Å². The highest BCUT2D eigenvalue weighted by Gasteiger charge is 2.31. The maximum absolute atomic E-state index is 6.54. The summed E-state index contributed by atoms with van der Waals surface area (Å²) in [4.78, 5) is 0. The largest absolute Gasteiger partial charge is 0.398 e. The molecular formula is C15H20N2. The van der Waals surface area contributed by atoms with E-state index in [0.717, 1.165) is 29.7 Å². The average Bonchev–Trinajstić information content (AvgIpc) is 2.27.